The molecule has 0 aliphatic carbocycles. The van der Waals surface area contributed by atoms with Crippen molar-refractivity contribution >= 4 is 21.7 Å². The lowest BCUT2D eigenvalue weighted by molar-refractivity contribution is 0.484. The van der Waals surface area contributed by atoms with Gasteiger partial charge in [-0.1, -0.05) is 23.7 Å². The molecule has 0 radical (unpaired) electrons. The van der Waals surface area contributed by atoms with E-state index >= 15 is 0 Å². The molecule has 0 atom stereocenters. The number of rotatable bonds is 3. The molecule has 0 aliphatic heterocycles. The summed E-state index contributed by atoms with van der Waals surface area (Å²) in [6, 6.07) is 8.27. The van der Waals surface area contributed by atoms with Gasteiger partial charge < -0.3 is 4.18 Å². The number of hydrogen-bond donors (Lipinski definition) is 0. The Morgan fingerprint density at radius 2 is 1.80 bits per heavy atom. The fraction of sp³-hybridized carbons (Fsp3) is 0.143. The Bertz CT molecular complexity index is 757. The molecule has 3 nitrogen and oxygen atoms in total. The lowest BCUT2D eigenvalue weighted by atomic mass is 10.2. The van der Waals surface area contributed by atoms with E-state index in [1.807, 2.05) is 0 Å². The standard InChI is InChI=1S/C14H12ClFO3S/c1-9-3-4-10(2)14(7-9)20(17,18)19-13-6-5-11(16)8-12(13)15/h3-8H,1-2H3. The molecule has 0 amide bonds. The van der Waals surface area contributed by atoms with Gasteiger partial charge in [0.05, 0.1) is 5.02 Å². The molecule has 6 heteroatoms. The summed E-state index contributed by atoms with van der Waals surface area (Å²) in [6.07, 6.45) is 0. The molecule has 0 spiro atoms. The molecule has 0 aliphatic rings. The zero-order valence-corrected chi connectivity index (χ0v) is 12.4. The van der Waals surface area contributed by atoms with Crippen molar-refractivity contribution in [3.8, 4) is 5.75 Å². The van der Waals surface area contributed by atoms with Gasteiger partial charge in [-0.3, -0.25) is 0 Å². The Labute approximate surface area is 122 Å². The SMILES string of the molecule is Cc1ccc(C)c(S(=O)(=O)Oc2ccc(F)cc2Cl)c1. The highest BCUT2D eigenvalue weighted by molar-refractivity contribution is 7.87. The van der Waals surface area contributed by atoms with Crippen molar-refractivity contribution in [3.63, 3.8) is 0 Å². The predicted octanol–water partition coefficient (Wildman–Crippen LogP) is 3.86. The molecule has 0 unspecified atom stereocenters. The maximum absolute atomic E-state index is 12.9. The van der Waals surface area contributed by atoms with Gasteiger partial charge in [-0.25, -0.2) is 4.39 Å². The molecule has 2 rings (SSSR count). The summed E-state index contributed by atoms with van der Waals surface area (Å²) in [4.78, 5) is 0.0675. The summed E-state index contributed by atoms with van der Waals surface area (Å²) >= 11 is 5.76. The minimum Gasteiger partial charge on any atom is -0.377 e. The maximum Gasteiger partial charge on any atom is 0.339 e. The number of aryl methyl sites for hydroxylation is 2. The molecule has 0 bridgehead atoms. The van der Waals surface area contributed by atoms with E-state index < -0.39 is 15.9 Å². The predicted molar refractivity (Wildman–Crippen MR) is 75.1 cm³/mol. The zero-order valence-electron chi connectivity index (χ0n) is 10.9. The van der Waals surface area contributed by atoms with Crippen molar-refractivity contribution in [2.24, 2.45) is 0 Å². The van der Waals surface area contributed by atoms with Gasteiger partial charge in [0.15, 0.2) is 5.75 Å². The van der Waals surface area contributed by atoms with Crippen LogP contribution in [0.1, 0.15) is 11.1 Å². The molecular formula is C14H12ClFO3S. The van der Waals surface area contributed by atoms with Crippen LogP contribution in [-0.2, 0) is 10.1 Å². The lowest BCUT2D eigenvalue weighted by Gasteiger charge is -2.11. The molecule has 2 aromatic rings. The van der Waals surface area contributed by atoms with Crippen LogP contribution in [0.3, 0.4) is 0 Å². The average Bonchev–Trinajstić information content (AvgIpc) is 2.35. The smallest absolute Gasteiger partial charge is 0.339 e. The third-order valence-electron chi connectivity index (χ3n) is 2.71. The van der Waals surface area contributed by atoms with Gasteiger partial charge in [0, 0.05) is 0 Å². The summed E-state index contributed by atoms with van der Waals surface area (Å²) in [7, 11) is -4.01. The highest BCUT2D eigenvalue weighted by atomic mass is 35.5. The van der Waals surface area contributed by atoms with E-state index in [0.717, 1.165) is 17.7 Å². The van der Waals surface area contributed by atoms with Crippen molar-refractivity contribution in [1.82, 2.24) is 0 Å². The summed E-state index contributed by atoms with van der Waals surface area (Å²) in [6.45, 7) is 3.45. The van der Waals surface area contributed by atoms with Crippen LogP contribution in [0.15, 0.2) is 41.3 Å². The molecule has 0 saturated heterocycles. The fourth-order valence-corrected chi connectivity index (χ4v) is 3.20. The largest absolute Gasteiger partial charge is 0.377 e. The first-order chi connectivity index (χ1) is 9.29. The highest BCUT2D eigenvalue weighted by Gasteiger charge is 2.21. The molecule has 0 saturated carbocycles. The molecule has 106 valence electrons. The van der Waals surface area contributed by atoms with Crippen molar-refractivity contribution < 1.29 is 17.0 Å². The Hall–Kier alpha value is -1.59. The monoisotopic (exact) mass is 314 g/mol. The normalized spacial score (nSPS) is 11.4. The Morgan fingerprint density at radius 3 is 2.45 bits per heavy atom. The Balaban J connectivity index is 2.43. The van der Waals surface area contributed by atoms with E-state index in [4.69, 9.17) is 15.8 Å². The van der Waals surface area contributed by atoms with Crippen molar-refractivity contribution in [3.05, 3.63) is 58.4 Å². The van der Waals surface area contributed by atoms with Crippen molar-refractivity contribution in [1.29, 1.82) is 0 Å². The van der Waals surface area contributed by atoms with Gasteiger partial charge >= 0.3 is 10.1 Å². The zero-order chi connectivity index (χ0) is 14.9. The van der Waals surface area contributed by atoms with Gasteiger partial charge in [-0.05, 0) is 49.2 Å². The van der Waals surface area contributed by atoms with Crippen molar-refractivity contribution in [2.45, 2.75) is 18.7 Å². The summed E-state index contributed by atoms with van der Waals surface area (Å²) in [5.74, 6) is -0.666. The van der Waals surface area contributed by atoms with Crippen molar-refractivity contribution in [2.75, 3.05) is 0 Å². The first-order valence-electron chi connectivity index (χ1n) is 5.76. The van der Waals surface area contributed by atoms with Crippen LogP contribution in [0.25, 0.3) is 0 Å². The van der Waals surface area contributed by atoms with Gasteiger partial charge in [-0.2, -0.15) is 8.42 Å². The van der Waals surface area contributed by atoms with Crippen LogP contribution in [0.4, 0.5) is 4.39 Å². The number of benzene rings is 2. The van der Waals surface area contributed by atoms with E-state index in [0.29, 0.717) is 5.56 Å². The molecular weight excluding hydrogens is 303 g/mol. The molecule has 2 aromatic carbocycles. The summed E-state index contributed by atoms with van der Waals surface area (Å²) in [5.41, 5.74) is 1.36. The Kier molecular flexibility index (Phi) is 4.01. The minimum atomic E-state index is -4.01. The van der Waals surface area contributed by atoms with E-state index in [9.17, 15) is 12.8 Å². The number of hydrogen-bond acceptors (Lipinski definition) is 3. The minimum absolute atomic E-state index is 0.0675. The quantitative estimate of drug-likeness (QED) is 0.808. The molecule has 0 fully saturated rings. The topological polar surface area (TPSA) is 43.4 Å². The second-order valence-corrected chi connectivity index (χ2v) is 6.30. The second kappa shape index (κ2) is 5.42. The van der Waals surface area contributed by atoms with Gasteiger partial charge in [0.25, 0.3) is 0 Å². The van der Waals surface area contributed by atoms with Crippen LogP contribution in [0, 0.1) is 19.7 Å². The van der Waals surface area contributed by atoms with Gasteiger partial charge in [-0.15, -0.1) is 0 Å². The first-order valence-corrected chi connectivity index (χ1v) is 7.55. The molecule has 0 N–H and O–H groups in total. The lowest BCUT2D eigenvalue weighted by Crippen LogP contribution is -2.11. The molecule has 20 heavy (non-hydrogen) atoms. The van der Waals surface area contributed by atoms with E-state index in [1.54, 1.807) is 26.0 Å². The first kappa shape index (κ1) is 14.8. The maximum atomic E-state index is 12.9. The van der Waals surface area contributed by atoms with Crippen LogP contribution in [0.2, 0.25) is 5.02 Å². The van der Waals surface area contributed by atoms with Crippen LogP contribution < -0.4 is 4.18 Å². The van der Waals surface area contributed by atoms with E-state index in [-0.39, 0.29) is 15.7 Å². The summed E-state index contributed by atoms with van der Waals surface area (Å²) < 4.78 is 42.4. The van der Waals surface area contributed by atoms with Crippen LogP contribution in [-0.4, -0.2) is 8.42 Å². The number of halogens is 2. The fourth-order valence-electron chi connectivity index (χ4n) is 1.68. The van der Waals surface area contributed by atoms with Crippen LogP contribution in [0.5, 0.6) is 5.75 Å². The third-order valence-corrected chi connectivity index (χ3v) is 4.38. The third kappa shape index (κ3) is 3.11. The second-order valence-electron chi connectivity index (χ2n) is 4.38. The highest BCUT2D eigenvalue weighted by Crippen LogP contribution is 2.29. The molecule has 0 aromatic heterocycles. The average molecular weight is 315 g/mol. The Morgan fingerprint density at radius 1 is 1.10 bits per heavy atom. The summed E-state index contributed by atoms with van der Waals surface area (Å²) in [5, 5.41) is -0.0983. The molecule has 0 heterocycles. The van der Waals surface area contributed by atoms with Gasteiger partial charge in [0.2, 0.25) is 0 Å². The van der Waals surface area contributed by atoms with E-state index in [1.165, 1.54) is 12.1 Å². The van der Waals surface area contributed by atoms with Crippen LogP contribution >= 0.6 is 11.6 Å². The van der Waals surface area contributed by atoms with Gasteiger partial charge in [0.1, 0.15) is 10.7 Å². The van der Waals surface area contributed by atoms with E-state index in [2.05, 4.69) is 0 Å².